The number of H-pyrrole nitrogens is 1. The molecule has 0 unspecified atom stereocenters. The van der Waals surface area contributed by atoms with E-state index in [9.17, 15) is 4.79 Å². The minimum atomic E-state index is -0.401. The number of carbonyl (C=O) groups excluding carboxylic acids is 1. The lowest BCUT2D eigenvalue weighted by Gasteiger charge is -2.02. The smallest absolute Gasteiger partial charge is 0.340 e. The molecule has 4 aromatic rings. The second-order valence-electron chi connectivity index (χ2n) is 6.08. The van der Waals surface area contributed by atoms with Crippen LogP contribution in [0.15, 0.2) is 90.1 Å². The summed E-state index contributed by atoms with van der Waals surface area (Å²) >= 11 is 0. The number of fused-ring (bicyclic) bond motifs is 1. The normalized spacial score (nSPS) is 11.1. The maximum absolute atomic E-state index is 12.0. The zero-order chi connectivity index (χ0) is 18.6. The first-order chi connectivity index (χ1) is 13.3. The first kappa shape index (κ1) is 19.4. The average molecular weight is 391 g/mol. The van der Waals surface area contributed by atoms with Gasteiger partial charge in [0.1, 0.15) is 0 Å². The highest BCUT2D eigenvalue weighted by atomic mass is 35.5. The molecule has 5 heteroatoms. The third-order valence-electron chi connectivity index (χ3n) is 4.44. The summed E-state index contributed by atoms with van der Waals surface area (Å²) in [6, 6.07) is 25.3. The Morgan fingerprint density at radius 2 is 1.57 bits per heavy atom. The summed E-state index contributed by atoms with van der Waals surface area (Å²) < 4.78 is 4.88. The number of aromatic amines is 1. The standard InChI is InChI=1S/C23H18N2O2.ClH/c1-27-23(26)18-12-6-7-13-20(18)25-21-14-8-5-11-17-19(15-24-22(17)21)16-9-3-2-4-10-16;/h2-15,24H,1H3;1H. The number of benzene rings is 2. The van der Waals surface area contributed by atoms with E-state index in [1.165, 1.54) is 7.11 Å². The van der Waals surface area contributed by atoms with Crippen LogP contribution in [0.5, 0.6) is 0 Å². The van der Waals surface area contributed by atoms with Gasteiger partial charge in [0, 0.05) is 17.1 Å². The molecule has 0 saturated carbocycles. The van der Waals surface area contributed by atoms with Crippen LogP contribution in [0.25, 0.3) is 22.0 Å². The van der Waals surface area contributed by atoms with Gasteiger partial charge in [0.25, 0.3) is 0 Å². The van der Waals surface area contributed by atoms with Crippen LogP contribution in [0, 0.1) is 0 Å². The van der Waals surface area contributed by atoms with Crippen molar-refractivity contribution in [1.29, 1.82) is 0 Å². The lowest BCUT2D eigenvalue weighted by atomic mass is 10.1. The molecule has 0 fully saturated rings. The van der Waals surface area contributed by atoms with Gasteiger partial charge in [0.05, 0.1) is 29.2 Å². The van der Waals surface area contributed by atoms with Crippen LogP contribution >= 0.6 is 12.4 Å². The van der Waals surface area contributed by atoms with E-state index in [1.54, 1.807) is 12.1 Å². The molecule has 140 valence electrons. The Morgan fingerprint density at radius 1 is 0.893 bits per heavy atom. The lowest BCUT2D eigenvalue weighted by molar-refractivity contribution is 0.0601. The Balaban J connectivity index is 0.00000225. The second-order valence-corrected chi connectivity index (χ2v) is 6.08. The number of aromatic nitrogens is 1. The number of methoxy groups -OCH3 is 1. The average Bonchev–Trinajstić information content (AvgIpc) is 3.04. The number of ether oxygens (including phenoxy) is 1. The molecule has 0 atom stereocenters. The van der Waals surface area contributed by atoms with E-state index >= 15 is 0 Å². The van der Waals surface area contributed by atoms with Gasteiger partial charge in [-0.2, -0.15) is 0 Å². The zero-order valence-electron chi connectivity index (χ0n) is 15.3. The Labute approximate surface area is 169 Å². The predicted octanol–water partition coefficient (Wildman–Crippen LogP) is 5.28. The predicted molar refractivity (Wildman–Crippen MR) is 114 cm³/mol. The Hall–Kier alpha value is -3.37. The molecule has 0 spiro atoms. The van der Waals surface area contributed by atoms with Crippen molar-refractivity contribution in [2.24, 2.45) is 4.99 Å². The van der Waals surface area contributed by atoms with Gasteiger partial charge in [-0.1, -0.05) is 60.7 Å². The topological polar surface area (TPSA) is 54.4 Å². The van der Waals surface area contributed by atoms with Gasteiger partial charge in [0.15, 0.2) is 0 Å². The van der Waals surface area contributed by atoms with Gasteiger partial charge in [0.2, 0.25) is 0 Å². The van der Waals surface area contributed by atoms with Crippen molar-refractivity contribution in [2.75, 3.05) is 7.11 Å². The molecule has 0 aliphatic carbocycles. The van der Waals surface area contributed by atoms with Crippen LogP contribution in [-0.4, -0.2) is 18.1 Å². The fraction of sp³-hybridized carbons (Fsp3) is 0.0435. The molecule has 0 aliphatic rings. The molecule has 28 heavy (non-hydrogen) atoms. The van der Waals surface area contributed by atoms with E-state index in [0.717, 1.165) is 27.4 Å². The van der Waals surface area contributed by atoms with Crippen molar-refractivity contribution in [2.45, 2.75) is 0 Å². The van der Waals surface area contributed by atoms with Crippen LogP contribution in [0.2, 0.25) is 0 Å². The SMILES string of the molecule is COC(=O)c1ccccc1N=c1ccccc2c(-c3ccccc3)c[nH]c12.Cl. The molecule has 1 aromatic heterocycles. The van der Waals surface area contributed by atoms with Gasteiger partial charge < -0.3 is 9.72 Å². The third-order valence-corrected chi connectivity index (χ3v) is 4.44. The number of nitrogens with one attached hydrogen (secondary N) is 1. The van der Waals surface area contributed by atoms with Gasteiger partial charge in [-0.25, -0.2) is 9.79 Å². The molecule has 0 radical (unpaired) electrons. The molecule has 0 saturated heterocycles. The number of nitrogens with zero attached hydrogens (tertiary/aromatic N) is 1. The van der Waals surface area contributed by atoms with Crippen LogP contribution in [0.3, 0.4) is 0 Å². The van der Waals surface area contributed by atoms with Gasteiger partial charge in [-0.15, -0.1) is 12.4 Å². The Bertz CT molecular complexity index is 1180. The molecular formula is C23H19ClN2O2. The number of hydrogen-bond donors (Lipinski definition) is 1. The summed E-state index contributed by atoms with van der Waals surface area (Å²) in [5.74, 6) is -0.401. The number of halogens is 1. The number of carbonyl (C=O) groups is 1. The molecular weight excluding hydrogens is 372 g/mol. The highest BCUT2D eigenvalue weighted by molar-refractivity contribution is 5.96. The minimum Gasteiger partial charge on any atom is -0.465 e. The molecule has 3 aromatic carbocycles. The van der Waals surface area contributed by atoms with Crippen LogP contribution in [0.1, 0.15) is 10.4 Å². The zero-order valence-corrected chi connectivity index (χ0v) is 16.1. The first-order valence-electron chi connectivity index (χ1n) is 8.66. The molecule has 0 aliphatic heterocycles. The maximum Gasteiger partial charge on any atom is 0.340 e. The van der Waals surface area contributed by atoms with Crippen molar-refractivity contribution in [3.63, 3.8) is 0 Å². The molecule has 0 bridgehead atoms. The summed E-state index contributed by atoms with van der Waals surface area (Å²) in [5.41, 5.74) is 4.18. The Morgan fingerprint density at radius 3 is 2.36 bits per heavy atom. The quantitative estimate of drug-likeness (QED) is 0.484. The van der Waals surface area contributed by atoms with E-state index in [0.29, 0.717) is 11.3 Å². The van der Waals surface area contributed by atoms with E-state index in [4.69, 9.17) is 9.73 Å². The van der Waals surface area contributed by atoms with E-state index in [-0.39, 0.29) is 12.4 Å². The van der Waals surface area contributed by atoms with E-state index in [1.807, 2.05) is 54.7 Å². The van der Waals surface area contributed by atoms with Crippen LogP contribution in [0.4, 0.5) is 5.69 Å². The fourth-order valence-corrected chi connectivity index (χ4v) is 3.13. The molecule has 1 N–H and O–H groups in total. The molecule has 1 heterocycles. The lowest BCUT2D eigenvalue weighted by Crippen LogP contribution is -2.04. The second kappa shape index (κ2) is 8.55. The summed E-state index contributed by atoms with van der Waals surface area (Å²) in [6.45, 7) is 0. The molecule has 4 nitrogen and oxygen atoms in total. The molecule has 0 amide bonds. The summed E-state index contributed by atoms with van der Waals surface area (Å²) in [7, 11) is 1.37. The van der Waals surface area contributed by atoms with E-state index < -0.39 is 5.97 Å². The van der Waals surface area contributed by atoms with Gasteiger partial charge in [-0.3, -0.25) is 0 Å². The van der Waals surface area contributed by atoms with Crippen molar-refractivity contribution in [1.82, 2.24) is 4.98 Å². The largest absolute Gasteiger partial charge is 0.465 e. The first-order valence-corrected chi connectivity index (χ1v) is 8.66. The Kier molecular flexibility index (Phi) is 5.92. The highest BCUT2D eigenvalue weighted by Crippen LogP contribution is 2.27. The summed E-state index contributed by atoms with van der Waals surface area (Å²) in [4.78, 5) is 20.2. The highest BCUT2D eigenvalue weighted by Gasteiger charge is 2.11. The number of hydrogen-bond acceptors (Lipinski definition) is 3. The van der Waals surface area contributed by atoms with Crippen molar-refractivity contribution in [3.8, 4) is 11.1 Å². The number of rotatable bonds is 3. The van der Waals surface area contributed by atoms with E-state index in [2.05, 4.69) is 23.2 Å². The van der Waals surface area contributed by atoms with Crippen LogP contribution < -0.4 is 5.36 Å². The van der Waals surface area contributed by atoms with Crippen molar-refractivity contribution in [3.05, 3.63) is 96.0 Å². The fourth-order valence-electron chi connectivity index (χ4n) is 3.13. The van der Waals surface area contributed by atoms with Gasteiger partial charge >= 0.3 is 5.97 Å². The number of esters is 1. The minimum absolute atomic E-state index is 0. The summed E-state index contributed by atoms with van der Waals surface area (Å²) in [5, 5.41) is 1.83. The number of para-hydroxylation sites is 1. The van der Waals surface area contributed by atoms with Crippen molar-refractivity contribution < 1.29 is 9.53 Å². The maximum atomic E-state index is 12.0. The summed E-state index contributed by atoms with van der Waals surface area (Å²) in [6.07, 6.45) is 1.99. The van der Waals surface area contributed by atoms with Crippen molar-refractivity contribution >= 4 is 35.0 Å². The molecule has 4 rings (SSSR count). The third kappa shape index (κ3) is 3.68. The van der Waals surface area contributed by atoms with Crippen LogP contribution in [-0.2, 0) is 4.74 Å². The monoisotopic (exact) mass is 390 g/mol. The van der Waals surface area contributed by atoms with Gasteiger partial charge in [-0.05, 0) is 23.8 Å².